The van der Waals surface area contributed by atoms with Gasteiger partial charge in [-0.2, -0.15) is 0 Å². The van der Waals surface area contributed by atoms with Crippen molar-refractivity contribution in [3.05, 3.63) is 53.3 Å². The molecule has 3 aromatic rings. The third-order valence-electron chi connectivity index (χ3n) is 3.87. The van der Waals surface area contributed by atoms with Crippen LogP contribution in [0.15, 0.2) is 47.8 Å². The van der Waals surface area contributed by atoms with E-state index in [1.165, 1.54) is 18.1 Å². The predicted octanol–water partition coefficient (Wildman–Crippen LogP) is 4.20. The molecule has 1 unspecified atom stereocenters. The molecule has 9 heteroatoms. The number of carbonyl (C=O) groups excluding carboxylic acids is 2. The second-order valence-electron chi connectivity index (χ2n) is 6.01. The average Bonchev–Trinajstić information content (AvgIpc) is 3.09. The van der Waals surface area contributed by atoms with Crippen molar-refractivity contribution in [2.45, 2.75) is 31.0 Å². The molecule has 0 bridgehead atoms. The highest BCUT2D eigenvalue weighted by Crippen LogP contribution is 2.27. The minimum atomic E-state index is -0.431. The van der Waals surface area contributed by atoms with Crippen molar-refractivity contribution in [1.82, 2.24) is 15.0 Å². The molecule has 1 amide bonds. The van der Waals surface area contributed by atoms with Gasteiger partial charge in [0.2, 0.25) is 5.91 Å². The van der Waals surface area contributed by atoms with E-state index in [1.54, 1.807) is 20.8 Å². The minimum Gasteiger partial charge on any atom is -0.462 e. The van der Waals surface area contributed by atoms with Crippen molar-refractivity contribution < 1.29 is 14.3 Å². The lowest BCUT2D eigenvalue weighted by atomic mass is 10.1. The van der Waals surface area contributed by atoms with Crippen molar-refractivity contribution in [3.63, 3.8) is 0 Å². The molecule has 0 aliphatic carbocycles. The maximum Gasteiger partial charge on any atom is 0.350 e. The van der Waals surface area contributed by atoms with Gasteiger partial charge in [0.05, 0.1) is 23.2 Å². The van der Waals surface area contributed by atoms with E-state index in [-0.39, 0.29) is 12.5 Å². The highest BCUT2D eigenvalue weighted by atomic mass is 32.2. The molecule has 0 saturated heterocycles. The number of nitrogens with zero attached hydrogens (tertiary/aromatic N) is 3. The van der Waals surface area contributed by atoms with E-state index in [0.717, 1.165) is 22.6 Å². The Morgan fingerprint density at radius 3 is 2.72 bits per heavy atom. The summed E-state index contributed by atoms with van der Waals surface area (Å²) in [5, 5.41) is 3.42. The molecule has 0 spiro atoms. The number of benzene rings is 1. The zero-order chi connectivity index (χ0) is 20.8. The van der Waals surface area contributed by atoms with Crippen LogP contribution in [0.5, 0.6) is 0 Å². The molecular formula is C20H20N4O3S2. The van der Waals surface area contributed by atoms with Gasteiger partial charge in [-0.15, -0.1) is 0 Å². The summed E-state index contributed by atoms with van der Waals surface area (Å²) < 4.78 is 5.00. The van der Waals surface area contributed by atoms with Crippen molar-refractivity contribution >= 4 is 40.1 Å². The monoisotopic (exact) mass is 428 g/mol. The molecule has 2 aromatic heterocycles. The molecule has 0 fully saturated rings. The Balaban J connectivity index is 1.66. The number of ether oxygens (including phenoxy) is 1. The number of thioether (sulfide) groups is 1. The van der Waals surface area contributed by atoms with Crippen LogP contribution in [0.2, 0.25) is 0 Å². The van der Waals surface area contributed by atoms with Crippen LogP contribution in [0.3, 0.4) is 0 Å². The van der Waals surface area contributed by atoms with Crippen LogP contribution in [0.25, 0.3) is 11.3 Å². The summed E-state index contributed by atoms with van der Waals surface area (Å²) in [4.78, 5) is 37.7. The van der Waals surface area contributed by atoms with Crippen LogP contribution < -0.4 is 5.32 Å². The molecule has 3 rings (SSSR count). The highest BCUT2D eigenvalue weighted by Gasteiger charge is 2.21. The summed E-state index contributed by atoms with van der Waals surface area (Å²) in [6.07, 6.45) is 1.49. The first-order valence-corrected chi connectivity index (χ1v) is 10.7. The molecule has 0 radical (unpaired) electrons. The maximum absolute atomic E-state index is 12.6. The Bertz CT molecular complexity index is 1010. The first kappa shape index (κ1) is 20.9. The van der Waals surface area contributed by atoms with Crippen LogP contribution in [0.4, 0.5) is 5.13 Å². The molecule has 150 valence electrons. The molecule has 1 aromatic carbocycles. The molecule has 2 heterocycles. The zero-order valence-electron chi connectivity index (χ0n) is 16.2. The predicted molar refractivity (Wildman–Crippen MR) is 114 cm³/mol. The third-order valence-corrected chi connectivity index (χ3v) is 5.95. The van der Waals surface area contributed by atoms with Gasteiger partial charge in [-0.05, 0) is 26.8 Å². The van der Waals surface area contributed by atoms with Gasteiger partial charge >= 0.3 is 5.97 Å². The number of hydrogen-bond acceptors (Lipinski definition) is 8. The van der Waals surface area contributed by atoms with Gasteiger partial charge in [0.1, 0.15) is 16.2 Å². The van der Waals surface area contributed by atoms with Gasteiger partial charge in [0.25, 0.3) is 0 Å². The van der Waals surface area contributed by atoms with E-state index in [0.29, 0.717) is 20.7 Å². The van der Waals surface area contributed by atoms with Crippen molar-refractivity contribution in [3.8, 4) is 11.3 Å². The number of carbonyl (C=O) groups is 2. The van der Waals surface area contributed by atoms with Gasteiger partial charge in [0.15, 0.2) is 5.13 Å². The van der Waals surface area contributed by atoms with Crippen LogP contribution in [0, 0.1) is 6.92 Å². The summed E-state index contributed by atoms with van der Waals surface area (Å²) in [6, 6.07) is 11.6. The first-order chi connectivity index (χ1) is 14.0. The molecule has 0 aliphatic heterocycles. The molecule has 0 aliphatic rings. The average molecular weight is 429 g/mol. The number of hydrogen-bond donors (Lipinski definition) is 1. The van der Waals surface area contributed by atoms with E-state index in [1.807, 2.05) is 36.4 Å². The van der Waals surface area contributed by atoms with Gasteiger partial charge in [0, 0.05) is 5.56 Å². The molecule has 7 nitrogen and oxygen atoms in total. The van der Waals surface area contributed by atoms with Gasteiger partial charge in [-0.3, -0.25) is 4.79 Å². The molecular weight excluding hydrogens is 408 g/mol. The second kappa shape index (κ2) is 9.62. The standard InChI is InChI=1S/C20H20N4O3S2/c1-4-27-19(26)17-12(2)23-20(29-17)24-18(25)13(3)28-16-10-15(21-11-22-16)14-8-6-5-7-9-14/h5-11,13H,4H2,1-3H3,(H,23,24,25). The van der Waals surface area contributed by atoms with E-state index < -0.39 is 11.2 Å². The topological polar surface area (TPSA) is 94.1 Å². The van der Waals surface area contributed by atoms with Crippen LogP contribution >= 0.6 is 23.1 Å². The third kappa shape index (κ3) is 5.39. The summed E-state index contributed by atoms with van der Waals surface area (Å²) in [5.41, 5.74) is 2.32. The number of aryl methyl sites for hydroxylation is 1. The summed E-state index contributed by atoms with van der Waals surface area (Å²) in [6.45, 7) is 5.53. The fraction of sp³-hybridized carbons (Fsp3) is 0.250. The summed E-state index contributed by atoms with van der Waals surface area (Å²) in [5.74, 6) is -0.654. The van der Waals surface area contributed by atoms with Gasteiger partial charge in [-0.25, -0.2) is 19.7 Å². The van der Waals surface area contributed by atoms with E-state index in [9.17, 15) is 9.59 Å². The van der Waals surface area contributed by atoms with Gasteiger partial charge in [-0.1, -0.05) is 53.4 Å². The fourth-order valence-electron chi connectivity index (χ4n) is 2.45. The molecule has 29 heavy (non-hydrogen) atoms. The Labute approximate surface area is 177 Å². The Hall–Kier alpha value is -2.78. The van der Waals surface area contributed by atoms with E-state index in [4.69, 9.17) is 4.74 Å². The molecule has 0 saturated carbocycles. The lowest BCUT2D eigenvalue weighted by Crippen LogP contribution is -2.22. The maximum atomic E-state index is 12.6. The number of amides is 1. The summed E-state index contributed by atoms with van der Waals surface area (Å²) >= 11 is 2.43. The minimum absolute atomic E-state index is 0.223. The number of esters is 1. The number of thiazole rings is 1. The molecule has 1 N–H and O–H groups in total. The van der Waals surface area contributed by atoms with Crippen molar-refractivity contribution in [2.75, 3.05) is 11.9 Å². The smallest absolute Gasteiger partial charge is 0.350 e. The van der Waals surface area contributed by atoms with Crippen LogP contribution in [-0.4, -0.2) is 38.7 Å². The molecule has 1 atom stereocenters. The SMILES string of the molecule is CCOC(=O)c1sc(NC(=O)C(C)Sc2cc(-c3ccccc3)ncn2)nc1C. The lowest BCUT2D eigenvalue weighted by molar-refractivity contribution is -0.115. The number of rotatable bonds is 7. The highest BCUT2D eigenvalue weighted by molar-refractivity contribution is 8.00. The number of nitrogens with one attached hydrogen (secondary N) is 1. The Kier molecular flexibility index (Phi) is 6.95. The fourth-order valence-corrected chi connectivity index (χ4v) is 4.13. The van der Waals surface area contributed by atoms with E-state index >= 15 is 0 Å². The first-order valence-electron chi connectivity index (χ1n) is 8.97. The zero-order valence-corrected chi connectivity index (χ0v) is 17.8. The largest absolute Gasteiger partial charge is 0.462 e. The summed E-state index contributed by atoms with van der Waals surface area (Å²) in [7, 11) is 0. The van der Waals surface area contributed by atoms with Crippen molar-refractivity contribution in [1.29, 1.82) is 0 Å². The lowest BCUT2D eigenvalue weighted by Gasteiger charge is -2.10. The van der Waals surface area contributed by atoms with Crippen molar-refractivity contribution in [2.24, 2.45) is 0 Å². The quantitative estimate of drug-likeness (QED) is 0.342. The number of aromatic nitrogens is 3. The second-order valence-corrected chi connectivity index (χ2v) is 8.37. The van der Waals surface area contributed by atoms with Crippen LogP contribution in [-0.2, 0) is 9.53 Å². The normalized spacial score (nSPS) is 11.7. The number of anilines is 1. The Morgan fingerprint density at radius 1 is 1.24 bits per heavy atom. The Morgan fingerprint density at radius 2 is 2.00 bits per heavy atom. The van der Waals surface area contributed by atoms with Gasteiger partial charge < -0.3 is 10.1 Å². The van der Waals surface area contributed by atoms with E-state index in [2.05, 4.69) is 20.3 Å². The van der Waals surface area contributed by atoms with Crippen LogP contribution in [0.1, 0.15) is 29.2 Å².